The van der Waals surface area contributed by atoms with Crippen LogP contribution in [0.15, 0.2) is 41.4 Å². The summed E-state index contributed by atoms with van der Waals surface area (Å²) in [5.74, 6) is 0. The molecule has 0 unspecified atom stereocenters. The van der Waals surface area contributed by atoms with E-state index in [0.717, 1.165) is 19.4 Å². The van der Waals surface area contributed by atoms with Crippen molar-refractivity contribution in [1.29, 1.82) is 0 Å². The fraction of sp³-hybridized carbons (Fsp3) is 0.636. The quantitative estimate of drug-likeness (QED) is 0.417. The molecule has 0 N–H and O–H groups in total. The van der Waals surface area contributed by atoms with Gasteiger partial charge in [0.2, 0.25) is 0 Å². The zero-order valence-corrected chi connectivity index (χ0v) is 17.4. The first kappa shape index (κ1) is 21.2. The molecule has 1 saturated heterocycles. The first-order valence-electron chi connectivity index (χ1n) is 9.92. The maximum atomic E-state index is 6.24. The monoisotopic (exact) mass is 358 g/mol. The van der Waals surface area contributed by atoms with Crippen LogP contribution in [0.4, 0.5) is 0 Å². The highest BCUT2D eigenvalue weighted by atomic mass is 16.7. The SMILES string of the molecule is CCCC/C(CCOCc1ccccc1)=C(/C)B1OC(C)(C)C(C)(C)O1. The predicted molar refractivity (Wildman–Crippen MR) is 109 cm³/mol. The van der Waals surface area contributed by atoms with E-state index >= 15 is 0 Å². The highest BCUT2D eigenvalue weighted by Crippen LogP contribution is 2.39. The number of rotatable bonds is 9. The molecule has 0 spiro atoms. The van der Waals surface area contributed by atoms with E-state index in [0.29, 0.717) is 6.61 Å². The summed E-state index contributed by atoms with van der Waals surface area (Å²) in [5, 5.41) is 0. The Morgan fingerprint density at radius 1 is 1.00 bits per heavy atom. The zero-order valence-electron chi connectivity index (χ0n) is 17.4. The van der Waals surface area contributed by atoms with Gasteiger partial charge in [-0.3, -0.25) is 0 Å². The number of ether oxygens (including phenoxy) is 1. The summed E-state index contributed by atoms with van der Waals surface area (Å²) < 4.78 is 18.4. The van der Waals surface area contributed by atoms with Crippen LogP contribution in [0.25, 0.3) is 0 Å². The minimum Gasteiger partial charge on any atom is -0.400 e. The molecule has 1 aromatic rings. The Morgan fingerprint density at radius 3 is 2.19 bits per heavy atom. The fourth-order valence-corrected chi connectivity index (χ4v) is 3.06. The normalized spacial score (nSPS) is 19.5. The first-order valence-corrected chi connectivity index (χ1v) is 9.92. The van der Waals surface area contributed by atoms with Crippen molar-refractivity contribution >= 4 is 7.12 Å². The molecular formula is C22H35BO3. The molecule has 0 radical (unpaired) electrons. The molecule has 1 fully saturated rings. The smallest absolute Gasteiger partial charge is 0.400 e. The number of allylic oxidation sites excluding steroid dienone is 1. The second-order valence-electron chi connectivity index (χ2n) is 8.27. The largest absolute Gasteiger partial charge is 0.490 e. The molecule has 0 bridgehead atoms. The van der Waals surface area contributed by atoms with Crippen LogP contribution in [0.5, 0.6) is 0 Å². The molecule has 1 heterocycles. The van der Waals surface area contributed by atoms with E-state index in [1.807, 2.05) is 18.2 Å². The van der Waals surface area contributed by atoms with E-state index < -0.39 is 0 Å². The fourth-order valence-electron chi connectivity index (χ4n) is 3.06. The van der Waals surface area contributed by atoms with Gasteiger partial charge in [-0.05, 0) is 64.9 Å². The maximum Gasteiger partial charge on any atom is 0.490 e. The minimum atomic E-state index is -0.293. The van der Waals surface area contributed by atoms with Crippen LogP contribution in [0, 0.1) is 0 Å². The third-order valence-electron chi connectivity index (χ3n) is 5.66. The van der Waals surface area contributed by atoms with Crippen molar-refractivity contribution in [3.05, 3.63) is 46.9 Å². The summed E-state index contributed by atoms with van der Waals surface area (Å²) in [5.41, 5.74) is 3.27. The van der Waals surface area contributed by atoms with Gasteiger partial charge >= 0.3 is 7.12 Å². The molecule has 2 rings (SSSR count). The van der Waals surface area contributed by atoms with Crippen molar-refractivity contribution < 1.29 is 14.0 Å². The molecule has 1 aliphatic heterocycles. The summed E-state index contributed by atoms with van der Waals surface area (Å²) in [6.07, 6.45) is 4.39. The lowest BCUT2D eigenvalue weighted by molar-refractivity contribution is 0.00578. The van der Waals surface area contributed by atoms with Crippen LogP contribution in [0.1, 0.15) is 72.8 Å². The summed E-state index contributed by atoms with van der Waals surface area (Å²) in [4.78, 5) is 0. The van der Waals surface area contributed by atoms with Gasteiger partial charge in [-0.2, -0.15) is 0 Å². The Labute approximate surface area is 160 Å². The number of benzene rings is 1. The van der Waals surface area contributed by atoms with Gasteiger partial charge in [0.15, 0.2) is 0 Å². The van der Waals surface area contributed by atoms with Crippen molar-refractivity contribution in [1.82, 2.24) is 0 Å². The van der Waals surface area contributed by atoms with Gasteiger partial charge < -0.3 is 14.0 Å². The number of hydrogen-bond donors (Lipinski definition) is 0. The van der Waals surface area contributed by atoms with Gasteiger partial charge in [-0.1, -0.05) is 49.2 Å². The topological polar surface area (TPSA) is 27.7 Å². The summed E-state index contributed by atoms with van der Waals surface area (Å²) in [7, 11) is -0.249. The van der Waals surface area contributed by atoms with Gasteiger partial charge in [0.1, 0.15) is 0 Å². The summed E-state index contributed by atoms with van der Waals surface area (Å²) in [6.45, 7) is 14.2. The van der Waals surface area contributed by atoms with Gasteiger partial charge in [-0.25, -0.2) is 0 Å². The van der Waals surface area contributed by atoms with Crippen LogP contribution < -0.4 is 0 Å². The molecule has 0 aliphatic carbocycles. The average Bonchev–Trinajstić information content (AvgIpc) is 2.82. The highest BCUT2D eigenvalue weighted by molar-refractivity contribution is 6.54. The molecule has 1 aliphatic rings. The summed E-state index contributed by atoms with van der Waals surface area (Å²) in [6, 6.07) is 10.3. The van der Waals surface area contributed by atoms with Crippen molar-refractivity contribution in [3.63, 3.8) is 0 Å². The molecule has 1 aromatic carbocycles. The Bertz CT molecular complexity index is 577. The van der Waals surface area contributed by atoms with Crippen molar-refractivity contribution in [2.24, 2.45) is 0 Å². The van der Waals surface area contributed by atoms with Crippen LogP contribution in [0.3, 0.4) is 0 Å². The maximum absolute atomic E-state index is 6.24. The molecule has 4 heteroatoms. The highest BCUT2D eigenvalue weighted by Gasteiger charge is 2.51. The molecule has 26 heavy (non-hydrogen) atoms. The second kappa shape index (κ2) is 9.21. The van der Waals surface area contributed by atoms with Crippen LogP contribution in [-0.2, 0) is 20.7 Å². The molecule has 0 aromatic heterocycles. The van der Waals surface area contributed by atoms with Crippen molar-refractivity contribution in [3.8, 4) is 0 Å². The molecule has 3 nitrogen and oxygen atoms in total. The number of hydrogen-bond acceptors (Lipinski definition) is 3. The Morgan fingerprint density at radius 2 is 1.62 bits per heavy atom. The molecule has 0 atom stereocenters. The van der Waals surface area contributed by atoms with Crippen LogP contribution in [0.2, 0.25) is 0 Å². The Hall–Kier alpha value is -1.10. The van der Waals surface area contributed by atoms with Gasteiger partial charge in [-0.15, -0.1) is 0 Å². The Kier molecular flexibility index (Phi) is 7.51. The standard InChI is InChI=1S/C22H35BO3/c1-7-8-14-20(15-16-24-17-19-12-10-9-11-13-19)18(2)23-25-21(3,4)22(5,6)26-23/h9-13H,7-8,14-17H2,1-6H3/b20-18+. The van der Waals surface area contributed by atoms with E-state index in [-0.39, 0.29) is 18.3 Å². The van der Waals surface area contributed by atoms with E-state index in [1.54, 1.807) is 0 Å². The molecule has 144 valence electrons. The third-order valence-corrected chi connectivity index (χ3v) is 5.66. The third kappa shape index (κ3) is 5.45. The van der Waals surface area contributed by atoms with Gasteiger partial charge in [0.25, 0.3) is 0 Å². The lowest BCUT2D eigenvalue weighted by Crippen LogP contribution is -2.41. The molecule has 0 amide bonds. The first-order chi connectivity index (χ1) is 12.3. The van der Waals surface area contributed by atoms with E-state index in [4.69, 9.17) is 14.0 Å². The predicted octanol–water partition coefficient (Wildman–Crippen LogP) is 5.73. The second-order valence-corrected chi connectivity index (χ2v) is 8.27. The van der Waals surface area contributed by atoms with E-state index in [9.17, 15) is 0 Å². The summed E-state index contributed by atoms with van der Waals surface area (Å²) >= 11 is 0. The van der Waals surface area contributed by atoms with Gasteiger partial charge in [0.05, 0.1) is 24.4 Å². The van der Waals surface area contributed by atoms with Gasteiger partial charge in [0, 0.05) is 0 Å². The lowest BCUT2D eigenvalue weighted by Gasteiger charge is -2.32. The lowest BCUT2D eigenvalue weighted by atomic mass is 9.74. The van der Waals surface area contributed by atoms with Crippen LogP contribution >= 0.6 is 0 Å². The molecule has 0 saturated carbocycles. The van der Waals surface area contributed by atoms with E-state index in [2.05, 4.69) is 53.7 Å². The van der Waals surface area contributed by atoms with Crippen molar-refractivity contribution in [2.45, 2.75) is 85.0 Å². The van der Waals surface area contributed by atoms with Crippen molar-refractivity contribution in [2.75, 3.05) is 6.61 Å². The minimum absolute atomic E-state index is 0.249. The van der Waals surface area contributed by atoms with Crippen LogP contribution in [-0.4, -0.2) is 24.9 Å². The average molecular weight is 358 g/mol. The van der Waals surface area contributed by atoms with E-state index in [1.165, 1.54) is 29.5 Å². The zero-order chi connectivity index (χ0) is 19.2. The Balaban J connectivity index is 1.97. The number of unbranched alkanes of at least 4 members (excludes halogenated alkanes) is 1. The molecular weight excluding hydrogens is 323 g/mol.